The number of amides is 1. The molecule has 2 heterocycles. The molecule has 3 rings (SSSR count). The molecule has 1 aromatic carbocycles. The molecule has 0 unspecified atom stereocenters. The lowest BCUT2D eigenvalue weighted by Gasteiger charge is -2.14. The lowest BCUT2D eigenvalue weighted by Crippen LogP contribution is -2.29. The Morgan fingerprint density at radius 3 is 2.68 bits per heavy atom. The summed E-state index contributed by atoms with van der Waals surface area (Å²) in [5, 5.41) is 0.485. The minimum atomic E-state index is -0.204. The van der Waals surface area contributed by atoms with Crippen LogP contribution in [0.5, 0.6) is 0 Å². The van der Waals surface area contributed by atoms with Gasteiger partial charge in [0.25, 0.3) is 5.56 Å². The van der Waals surface area contributed by atoms with Crippen molar-refractivity contribution in [2.45, 2.75) is 18.0 Å². The van der Waals surface area contributed by atoms with Crippen molar-refractivity contribution < 1.29 is 4.79 Å². The molecule has 1 saturated heterocycles. The van der Waals surface area contributed by atoms with Gasteiger partial charge in [0.15, 0.2) is 5.16 Å². The molecule has 22 heavy (non-hydrogen) atoms. The molecule has 1 aromatic heterocycles. The second-order valence-electron chi connectivity index (χ2n) is 5.18. The second-order valence-corrected chi connectivity index (χ2v) is 6.14. The molecule has 6 heteroatoms. The molecule has 1 fully saturated rings. The molecule has 5 nitrogen and oxygen atoms in total. The Kier molecular flexibility index (Phi) is 4.58. The van der Waals surface area contributed by atoms with Crippen LogP contribution in [0.15, 0.2) is 46.3 Å². The topological polar surface area (TPSA) is 66.1 Å². The third-order valence-corrected chi connectivity index (χ3v) is 4.44. The van der Waals surface area contributed by atoms with E-state index in [4.69, 9.17) is 0 Å². The smallest absolute Gasteiger partial charge is 0.252 e. The first kappa shape index (κ1) is 14.8. The van der Waals surface area contributed by atoms with E-state index >= 15 is 0 Å². The van der Waals surface area contributed by atoms with Crippen molar-refractivity contribution in [3.05, 3.63) is 46.8 Å². The number of nitrogens with zero attached hydrogens (tertiary/aromatic N) is 2. The van der Waals surface area contributed by atoms with Crippen LogP contribution >= 0.6 is 11.8 Å². The summed E-state index contributed by atoms with van der Waals surface area (Å²) in [5.41, 5.74) is 1.31. The fourth-order valence-electron chi connectivity index (χ4n) is 2.45. The minimum absolute atomic E-state index is 0.107. The fraction of sp³-hybridized carbons (Fsp3) is 0.312. The van der Waals surface area contributed by atoms with Gasteiger partial charge in [-0.3, -0.25) is 9.59 Å². The van der Waals surface area contributed by atoms with Gasteiger partial charge < -0.3 is 9.88 Å². The normalized spacial score (nSPS) is 14.3. The van der Waals surface area contributed by atoms with Crippen LogP contribution < -0.4 is 5.56 Å². The van der Waals surface area contributed by atoms with E-state index in [1.165, 1.54) is 17.8 Å². The number of likely N-dealkylation sites (tertiary alicyclic amines) is 1. The molecular weight excluding hydrogens is 298 g/mol. The zero-order valence-corrected chi connectivity index (χ0v) is 12.9. The van der Waals surface area contributed by atoms with E-state index in [2.05, 4.69) is 9.97 Å². The summed E-state index contributed by atoms with van der Waals surface area (Å²) in [6.45, 7) is 1.68. The van der Waals surface area contributed by atoms with Crippen molar-refractivity contribution in [3.8, 4) is 11.3 Å². The first-order valence-corrected chi connectivity index (χ1v) is 8.28. The molecule has 0 spiro atoms. The Labute approximate surface area is 132 Å². The summed E-state index contributed by atoms with van der Waals surface area (Å²) in [6, 6.07) is 11.0. The maximum Gasteiger partial charge on any atom is 0.252 e. The van der Waals surface area contributed by atoms with Crippen LogP contribution in [0.1, 0.15) is 12.8 Å². The molecule has 1 amide bonds. The summed E-state index contributed by atoms with van der Waals surface area (Å²) in [7, 11) is 0. The lowest BCUT2D eigenvalue weighted by atomic mass is 10.1. The number of hydrogen-bond donors (Lipinski definition) is 1. The van der Waals surface area contributed by atoms with Gasteiger partial charge in [-0.25, -0.2) is 4.98 Å². The van der Waals surface area contributed by atoms with Crippen molar-refractivity contribution in [3.63, 3.8) is 0 Å². The number of benzene rings is 1. The lowest BCUT2D eigenvalue weighted by molar-refractivity contribution is -0.127. The third-order valence-electron chi connectivity index (χ3n) is 3.58. The second kappa shape index (κ2) is 6.79. The van der Waals surface area contributed by atoms with E-state index in [1.807, 2.05) is 35.2 Å². The van der Waals surface area contributed by atoms with Gasteiger partial charge in [0, 0.05) is 24.7 Å². The van der Waals surface area contributed by atoms with E-state index in [9.17, 15) is 9.59 Å². The number of H-pyrrole nitrogens is 1. The fourth-order valence-corrected chi connectivity index (χ4v) is 3.23. The number of nitrogens with one attached hydrogen (secondary N) is 1. The molecule has 1 aliphatic rings. The standard InChI is InChI=1S/C16H17N3O2S/c20-14-10-13(12-6-2-1-3-7-12)17-16(18-14)22-11-15(21)19-8-4-5-9-19/h1-3,6-7,10H,4-5,8-9,11H2,(H,17,18,20). The van der Waals surface area contributed by atoms with Crippen LogP contribution in [0.4, 0.5) is 0 Å². The number of carbonyl (C=O) groups excluding carboxylic acids is 1. The highest BCUT2D eigenvalue weighted by molar-refractivity contribution is 7.99. The monoisotopic (exact) mass is 315 g/mol. The number of rotatable bonds is 4. The highest BCUT2D eigenvalue weighted by Crippen LogP contribution is 2.19. The van der Waals surface area contributed by atoms with Gasteiger partial charge in [0.2, 0.25) is 5.91 Å². The average Bonchev–Trinajstić information content (AvgIpc) is 3.07. The van der Waals surface area contributed by atoms with E-state index in [-0.39, 0.29) is 11.5 Å². The SMILES string of the molecule is O=C(CSc1nc(-c2ccccc2)cc(=O)[nH]1)N1CCCC1. The van der Waals surface area contributed by atoms with Crippen molar-refractivity contribution in [1.82, 2.24) is 14.9 Å². The molecule has 0 atom stereocenters. The Balaban J connectivity index is 1.73. The van der Waals surface area contributed by atoms with E-state index in [0.717, 1.165) is 31.5 Å². The molecule has 2 aromatic rings. The molecule has 1 aliphatic heterocycles. The zero-order chi connectivity index (χ0) is 15.4. The van der Waals surface area contributed by atoms with Gasteiger partial charge in [-0.15, -0.1) is 0 Å². The number of thioether (sulfide) groups is 1. The maximum absolute atomic E-state index is 12.0. The van der Waals surface area contributed by atoms with Crippen LogP contribution in [0.2, 0.25) is 0 Å². The van der Waals surface area contributed by atoms with Gasteiger partial charge in [0.05, 0.1) is 11.4 Å². The van der Waals surface area contributed by atoms with Gasteiger partial charge in [-0.05, 0) is 12.8 Å². The third kappa shape index (κ3) is 3.57. The summed E-state index contributed by atoms with van der Waals surface area (Å²) < 4.78 is 0. The minimum Gasteiger partial charge on any atom is -0.342 e. The van der Waals surface area contributed by atoms with Gasteiger partial charge >= 0.3 is 0 Å². The quantitative estimate of drug-likeness (QED) is 0.693. The van der Waals surface area contributed by atoms with Gasteiger partial charge in [0.1, 0.15) is 0 Å². The number of aromatic nitrogens is 2. The summed E-state index contributed by atoms with van der Waals surface area (Å²) in [6.07, 6.45) is 2.16. The highest BCUT2D eigenvalue weighted by atomic mass is 32.2. The van der Waals surface area contributed by atoms with Crippen LogP contribution in [-0.4, -0.2) is 39.6 Å². The molecule has 1 N–H and O–H groups in total. The Morgan fingerprint density at radius 1 is 1.23 bits per heavy atom. The Hall–Kier alpha value is -2.08. The Bertz CT molecular complexity index is 709. The number of carbonyl (C=O) groups is 1. The van der Waals surface area contributed by atoms with Crippen LogP contribution in [0.3, 0.4) is 0 Å². The van der Waals surface area contributed by atoms with Crippen molar-refractivity contribution in [1.29, 1.82) is 0 Å². The Morgan fingerprint density at radius 2 is 1.95 bits per heavy atom. The zero-order valence-electron chi connectivity index (χ0n) is 12.1. The van der Waals surface area contributed by atoms with E-state index in [1.54, 1.807) is 0 Å². The molecular formula is C16H17N3O2S. The predicted molar refractivity (Wildman–Crippen MR) is 86.8 cm³/mol. The summed E-state index contributed by atoms with van der Waals surface area (Å²) >= 11 is 1.28. The number of hydrogen-bond acceptors (Lipinski definition) is 4. The van der Waals surface area contributed by atoms with Crippen molar-refractivity contribution in [2.75, 3.05) is 18.8 Å². The molecule has 114 valence electrons. The molecule has 0 bridgehead atoms. The van der Waals surface area contributed by atoms with Gasteiger partial charge in [-0.2, -0.15) is 0 Å². The van der Waals surface area contributed by atoms with Crippen molar-refractivity contribution >= 4 is 17.7 Å². The van der Waals surface area contributed by atoms with Gasteiger partial charge in [-0.1, -0.05) is 42.1 Å². The average molecular weight is 315 g/mol. The van der Waals surface area contributed by atoms with Crippen LogP contribution in [0.25, 0.3) is 11.3 Å². The first-order valence-electron chi connectivity index (χ1n) is 7.30. The predicted octanol–water partition coefficient (Wildman–Crippen LogP) is 2.15. The van der Waals surface area contributed by atoms with E-state index < -0.39 is 0 Å². The highest BCUT2D eigenvalue weighted by Gasteiger charge is 2.18. The largest absolute Gasteiger partial charge is 0.342 e. The van der Waals surface area contributed by atoms with E-state index in [0.29, 0.717) is 16.6 Å². The molecule has 0 radical (unpaired) electrons. The molecule has 0 aliphatic carbocycles. The molecule has 0 saturated carbocycles. The first-order chi connectivity index (χ1) is 10.7. The summed E-state index contributed by atoms with van der Waals surface area (Å²) in [4.78, 5) is 32.8. The maximum atomic E-state index is 12.0. The number of aromatic amines is 1. The van der Waals surface area contributed by atoms with Crippen molar-refractivity contribution in [2.24, 2.45) is 0 Å². The summed E-state index contributed by atoms with van der Waals surface area (Å²) in [5.74, 6) is 0.413. The van der Waals surface area contributed by atoms with Crippen LogP contribution in [-0.2, 0) is 4.79 Å². The van der Waals surface area contributed by atoms with Crippen LogP contribution in [0, 0.1) is 0 Å².